The summed E-state index contributed by atoms with van der Waals surface area (Å²) >= 11 is 0. The molecule has 0 bridgehead atoms. The summed E-state index contributed by atoms with van der Waals surface area (Å²) in [6.07, 6.45) is 8.58. The molecule has 0 saturated heterocycles. The van der Waals surface area contributed by atoms with Crippen molar-refractivity contribution in [3.63, 3.8) is 0 Å². The Morgan fingerprint density at radius 3 is 3.18 bits per heavy atom. The first-order valence-corrected chi connectivity index (χ1v) is 5.98. The lowest BCUT2D eigenvalue weighted by Crippen LogP contribution is -1.91. The van der Waals surface area contributed by atoms with E-state index in [2.05, 4.69) is 40.3 Å². The van der Waals surface area contributed by atoms with Gasteiger partial charge in [-0.2, -0.15) is 0 Å². The lowest BCUT2D eigenvalue weighted by Gasteiger charge is -2.04. The van der Waals surface area contributed by atoms with Gasteiger partial charge in [0, 0.05) is 33.7 Å². The van der Waals surface area contributed by atoms with E-state index in [1.54, 1.807) is 0 Å². The van der Waals surface area contributed by atoms with Crippen LogP contribution in [0.3, 0.4) is 0 Å². The van der Waals surface area contributed by atoms with E-state index < -0.39 is 0 Å². The van der Waals surface area contributed by atoms with Gasteiger partial charge in [0.25, 0.3) is 0 Å². The number of benzene rings is 1. The highest BCUT2D eigenvalue weighted by Gasteiger charge is 2.14. The maximum atomic E-state index is 4.54. The lowest BCUT2D eigenvalue weighted by atomic mass is 10.0. The maximum absolute atomic E-state index is 4.54. The van der Waals surface area contributed by atoms with Crippen LogP contribution in [0.25, 0.3) is 27.9 Å². The van der Waals surface area contributed by atoms with E-state index in [0.717, 1.165) is 18.4 Å². The lowest BCUT2D eigenvalue weighted by molar-refractivity contribution is 0.951. The number of hydrogen-bond acceptors (Lipinski definition) is 1. The summed E-state index contributed by atoms with van der Waals surface area (Å²) < 4.78 is 0. The quantitative estimate of drug-likeness (QED) is 0.615. The molecule has 0 radical (unpaired) electrons. The number of nitrogens with one attached hydrogen (secondary N) is 1. The van der Waals surface area contributed by atoms with Crippen molar-refractivity contribution in [2.24, 2.45) is 0 Å². The van der Waals surface area contributed by atoms with Gasteiger partial charge in [-0.25, -0.2) is 0 Å². The smallest absolute Gasteiger partial charge is 0.0801 e. The summed E-state index contributed by atoms with van der Waals surface area (Å²) in [5, 5.41) is 2.48. The summed E-state index contributed by atoms with van der Waals surface area (Å²) in [5.74, 6) is 0. The molecule has 2 heteroatoms. The van der Waals surface area contributed by atoms with Crippen LogP contribution in [0.15, 0.2) is 36.5 Å². The molecule has 2 heterocycles. The van der Waals surface area contributed by atoms with Crippen molar-refractivity contribution in [2.75, 3.05) is 0 Å². The number of pyridine rings is 1. The fourth-order valence-electron chi connectivity index (χ4n) is 2.71. The Hall–Kier alpha value is -2.09. The molecule has 1 aliphatic carbocycles. The van der Waals surface area contributed by atoms with Gasteiger partial charge in [0.15, 0.2) is 0 Å². The molecular formula is C15H12N2. The van der Waals surface area contributed by atoms with Crippen molar-refractivity contribution in [1.82, 2.24) is 9.97 Å². The molecular weight excluding hydrogens is 208 g/mol. The number of aryl methyl sites for hydroxylation is 1. The third-order valence-electron chi connectivity index (χ3n) is 3.50. The summed E-state index contributed by atoms with van der Waals surface area (Å²) in [6, 6.07) is 8.40. The summed E-state index contributed by atoms with van der Waals surface area (Å²) in [6.45, 7) is 0. The molecule has 0 spiro atoms. The number of aromatic nitrogens is 2. The minimum atomic E-state index is 1.11. The van der Waals surface area contributed by atoms with Gasteiger partial charge in [-0.3, -0.25) is 4.98 Å². The SMILES string of the molecule is C1=Cc2c([nH]c3ccc4cccnc4c23)CC1. The molecule has 3 aromatic rings. The van der Waals surface area contributed by atoms with Gasteiger partial charge in [0.05, 0.1) is 5.52 Å². The van der Waals surface area contributed by atoms with Crippen molar-refractivity contribution in [1.29, 1.82) is 0 Å². The highest BCUT2D eigenvalue weighted by molar-refractivity contribution is 6.09. The van der Waals surface area contributed by atoms with Gasteiger partial charge >= 0.3 is 0 Å². The molecule has 1 aromatic carbocycles. The minimum Gasteiger partial charge on any atom is -0.358 e. The van der Waals surface area contributed by atoms with Gasteiger partial charge in [0.2, 0.25) is 0 Å². The molecule has 0 fully saturated rings. The van der Waals surface area contributed by atoms with Crippen molar-refractivity contribution < 1.29 is 0 Å². The molecule has 1 aliphatic rings. The summed E-state index contributed by atoms with van der Waals surface area (Å²) in [7, 11) is 0. The largest absolute Gasteiger partial charge is 0.358 e. The van der Waals surface area contributed by atoms with Crippen LogP contribution >= 0.6 is 0 Å². The van der Waals surface area contributed by atoms with E-state index in [4.69, 9.17) is 0 Å². The standard InChI is InChI=1S/C15H12N2/c1-2-6-12-11(5-1)14-13(17-12)8-7-10-4-3-9-16-15(10)14/h1,3-5,7-9,17H,2,6H2. The Bertz CT molecular complexity index is 750. The van der Waals surface area contributed by atoms with E-state index in [0.29, 0.717) is 0 Å². The van der Waals surface area contributed by atoms with E-state index >= 15 is 0 Å². The predicted octanol–water partition coefficient (Wildman–Crippen LogP) is 3.68. The van der Waals surface area contributed by atoms with E-state index in [1.807, 2.05) is 12.3 Å². The molecule has 2 nitrogen and oxygen atoms in total. The average molecular weight is 220 g/mol. The second-order valence-electron chi connectivity index (χ2n) is 4.52. The van der Waals surface area contributed by atoms with Crippen LogP contribution in [0, 0.1) is 0 Å². The number of allylic oxidation sites excluding steroid dienone is 1. The molecule has 0 aliphatic heterocycles. The number of nitrogens with zero attached hydrogens (tertiary/aromatic N) is 1. The molecule has 0 atom stereocenters. The number of fused-ring (bicyclic) bond motifs is 5. The zero-order chi connectivity index (χ0) is 11.2. The summed E-state index contributed by atoms with van der Waals surface area (Å²) in [5.41, 5.74) is 4.98. The van der Waals surface area contributed by atoms with Gasteiger partial charge < -0.3 is 4.98 Å². The first-order chi connectivity index (χ1) is 8.43. The van der Waals surface area contributed by atoms with Gasteiger partial charge in [-0.1, -0.05) is 24.3 Å². The normalized spacial score (nSPS) is 14.4. The van der Waals surface area contributed by atoms with Gasteiger partial charge in [-0.15, -0.1) is 0 Å². The Kier molecular flexibility index (Phi) is 1.69. The average Bonchev–Trinajstić information content (AvgIpc) is 2.77. The fourth-order valence-corrected chi connectivity index (χ4v) is 2.71. The number of aromatic amines is 1. The first-order valence-electron chi connectivity index (χ1n) is 5.98. The van der Waals surface area contributed by atoms with Crippen molar-refractivity contribution >= 4 is 27.9 Å². The van der Waals surface area contributed by atoms with Crippen LogP contribution in [0.4, 0.5) is 0 Å². The zero-order valence-electron chi connectivity index (χ0n) is 9.40. The topological polar surface area (TPSA) is 28.7 Å². The Morgan fingerprint density at radius 2 is 2.18 bits per heavy atom. The Labute approximate surface area is 99.0 Å². The second-order valence-corrected chi connectivity index (χ2v) is 4.52. The Morgan fingerprint density at radius 1 is 1.18 bits per heavy atom. The van der Waals surface area contributed by atoms with Gasteiger partial charge in [-0.05, 0) is 25.0 Å². The highest BCUT2D eigenvalue weighted by atomic mass is 14.7. The van der Waals surface area contributed by atoms with Crippen LogP contribution in [0.5, 0.6) is 0 Å². The second kappa shape index (κ2) is 3.20. The number of H-pyrrole nitrogens is 1. The fraction of sp³-hybridized carbons (Fsp3) is 0.133. The monoisotopic (exact) mass is 220 g/mol. The van der Waals surface area contributed by atoms with Crippen LogP contribution in [0.2, 0.25) is 0 Å². The van der Waals surface area contributed by atoms with Crippen molar-refractivity contribution in [2.45, 2.75) is 12.8 Å². The van der Waals surface area contributed by atoms with Gasteiger partial charge in [0.1, 0.15) is 0 Å². The number of rotatable bonds is 0. The van der Waals surface area contributed by atoms with Crippen LogP contribution in [-0.2, 0) is 6.42 Å². The molecule has 0 amide bonds. The predicted molar refractivity (Wildman–Crippen MR) is 71.0 cm³/mol. The van der Waals surface area contributed by atoms with E-state index in [1.165, 1.54) is 27.5 Å². The van der Waals surface area contributed by atoms with E-state index in [9.17, 15) is 0 Å². The molecule has 82 valence electrons. The van der Waals surface area contributed by atoms with Crippen LogP contribution in [-0.4, -0.2) is 9.97 Å². The van der Waals surface area contributed by atoms with Crippen molar-refractivity contribution in [3.8, 4) is 0 Å². The molecule has 2 aromatic heterocycles. The number of hydrogen-bond donors (Lipinski definition) is 1. The first kappa shape index (κ1) is 8.99. The molecule has 4 rings (SSSR count). The third-order valence-corrected chi connectivity index (χ3v) is 3.50. The molecule has 17 heavy (non-hydrogen) atoms. The Balaban J connectivity index is 2.25. The van der Waals surface area contributed by atoms with Crippen LogP contribution < -0.4 is 0 Å². The minimum absolute atomic E-state index is 1.11. The van der Waals surface area contributed by atoms with Crippen molar-refractivity contribution in [3.05, 3.63) is 47.8 Å². The zero-order valence-corrected chi connectivity index (χ0v) is 9.40. The maximum Gasteiger partial charge on any atom is 0.0801 e. The third kappa shape index (κ3) is 1.18. The summed E-state index contributed by atoms with van der Waals surface area (Å²) in [4.78, 5) is 8.05. The van der Waals surface area contributed by atoms with Crippen LogP contribution in [0.1, 0.15) is 17.7 Å². The highest BCUT2D eigenvalue weighted by Crippen LogP contribution is 2.32. The molecule has 0 unspecified atom stereocenters. The molecule has 0 saturated carbocycles. The molecule has 1 N–H and O–H groups in total. The van der Waals surface area contributed by atoms with E-state index in [-0.39, 0.29) is 0 Å².